The van der Waals surface area contributed by atoms with Crippen LogP contribution in [-0.4, -0.2) is 20.0 Å². The second-order valence-corrected chi connectivity index (χ2v) is 5.61. The van der Waals surface area contributed by atoms with Crippen molar-refractivity contribution in [2.45, 2.75) is 5.16 Å². The van der Waals surface area contributed by atoms with Crippen LogP contribution in [-0.2, 0) is 17.8 Å². The molecule has 0 saturated heterocycles. The molecule has 1 aromatic heterocycles. The lowest BCUT2D eigenvalue weighted by Crippen LogP contribution is -2.22. The van der Waals surface area contributed by atoms with Crippen molar-refractivity contribution < 1.29 is 4.21 Å². The van der Waals surface area contributed by atoms with Crippen molar-refractivity contribution in [1.29, 1.82) is 0 Å². The lowest BCUT2D eigenvalue weighted by Gasteiger charge is -2.07. The molecule has 0 radical (unpaired) electrons. The molecule has 1 aromatic carbocycles. The Morgan fingerprint density at radius 2 is 2.00 bits per heavy atom. The molecule has 0 spiro atoms. The summed E-state index contributed by atoms with van der Waals surface area (Å²) >= 11 is 11.8. The van der Waals surface area contributed by atoms with Crippen LogP contribution in [0.5, 0.6) is 0 Å². The van der Waals surface area contributed by atoms with Gasteiger partial charge >= 0.3 is 0 Å². The van der Waals surface area contributed by atoms with E-state index in [9.17, 15) is 9.00 Å². The fourth-order valence-corrected chi connectivity index (χ4v) is 2.76. The van der Waals surface area contributed by atoms with Crippen molar-refractivity contribution >= 4 is 44.9 Å². The highest BCUT2D eigenvalue weighted by Crippen LogP contribution is 2.24. The standard InChI is InChI=1S/C10H8Cl2N2O2S/c1-14-9(15)6-3-5(11)4-7(12)8(6)13-10(14)17(2)16/h3-4H,1-2H3/t17-/m0/s1. The minimum Gasteiger partial charge on any atom is -0.288 e. The van der Waals surface area contributed by atoms with E-state index < -0.39 is 10.8 Å². The summed E-state index contributed by atoms with van der Waals surface area (Å²) in [6.45, 7) is 0. The molecule has 4 nitrogen and oxygen atoms in total. The van der Waals surface area contributed by atoms with E-state index in [0.29, 0.717) is 15.9 Å². The van der Waals surface area contributed by atoms with Crippen LogP contribution in [0.15, 0.2) is 22.1 Å². The van der Waals surface area contributed by atoms with E-state index in [1.807, 2.05) is 0 Å². The molecule has 0 aliphatic heterocycles. The average Bonchev–Trinajstić information content (AvgIpc) is 2.23. The van der Waals surface area contributed by atoms with Crippen LogP contribution in [0.25, 0.3) is 10.9 Å². The van der Waals surface area contributed by atoms with Crippen LogP contribution in [0.1, 0.15) is 0 Å². The van der Waals surface area contributed by atoms with Gasteiger partial charge in [-0.2, -0.15) is 0 Å². The van der Waals surface area contributed by atoms with Crippen molar-refractivity contribution in [3.63, 3.8) is 0 Å². The third-order valence-electron chi connectivity index (χ3n) is 2.31. The van der Waals surface area contributed by atoms with Gasteiger partial charge in [0.2, 0.25) is 5.16 Å². The molecule has 0 aliphatic carbocycles. The maximum atomic E-state index is 12.0. The molecule has 1 heterocycles. The number of benzene rings is 1. The third-order valence-corrected chi connectivity index (χ3v) is 3.70. The van der Waals surface area contributed by atoms with Gasteiger partial charge in [-0.1, -0.05) is 23.2 Å². The van der Waals surface area contributed by atoms with E-state index in [-0.39, 0.29) is 15.7 Å². The molecule has 7 heteroatoms. The molecule has 0 aliphatic rings. The number of fused-ring (bicyclic) bond motifs is 1. The smallest absolute Gasteiger partial charge is 0.261 e. The first kappa shape index (κ1) is 12.5. The van der Waals surface area contributed by atoms with Crippen LogP contribution in [0.4, 0.5) is 0 Å². The molecule has 0 fully saturated rings. The number of hydrogen-bond donors (Lipinski definition) is 0. The highest BCUT2D eigenvalue weighted by atomic mass is 35.5. The predicted molar refractivity (Wildman–Crippen MR) is 69.3 cm³/mol. The Bertz CT molecular complexity index is 697. The Balaban J connectivity index is 3.01. The van der Waals surface area contributed by atoms with Crippen molar-refractivity contribution in [2.24, 2.45) is 7.05 Å². The van der Waals surface area contributed by atoms with Gasteiger partial charge in [-0.3, -0.25) is 13.6 Å². The Morgan fingerprint density at radius 1 is 1.35 bits per heavy atom. The van der Waals surface area contributed by atoms with E-state index in [2.05, 4.69) is 4.98 Å². The van der Waals surface area contributed by atoms with Crippen molar-refractivity contribution in [3.8, 4) is 0 Å². The van der Waals surface area contributed by atoms with Crippen molar-refractivity contribution in [2.75, 3.05) is 6.26 Å². The first-order chi connectivity index (χ1) is 7.91. The summed E-state index contributed by atoms with van der Waals surface area (Å²) in [5.74, 6) is 0. The third kappa shape index (κ3) is 2.10. The van der Waals surface area contributed by atoms with Gasteiger partial charge in [0.05, 0.1) is 26.7 Å². The fourth-order valence-electron chi connectivity index (χ4n) is 1.54. The Kier molecular flexibility index (Phi) is 3.25. The van der Waals surface area contributed by atoms with E-state index in [4.69, 9.17) is 23.2 Å². The molecule has 90 valence electrons. The summed E-state index contributed by atoms with van der Waals surface area (Å²) in [5.41, 5.74) is 0.00830. The van der Waals surface area contributed by atoms with Crippen LogP contribution >= 0.6 is 23.2 Å². The largest absolute Gasteiger partial charge is 0.288 e. The second-order valence-electron chi connectivity index (χ2n) is 3.50. The maximum absolute atomic E-state index is 12.0. The number of rotatable bonds is 1. The summed E-state index contributed by atoms with van der Waals surface area (Å²) < 4.78 is 12.7. The maximum Gasteiger partial charge on any atom is 0.261 e. The predicted octanol–water partition coefficient (Wildman–Crippen LogP) is 1.98. The number of halogens is 2. The van der Waals surface area contributed by atoms with Crippen LogP contribution in [0, 0.1) is 0 Å². The summed E-state index contributed by atoms with van der Waals surface area (Å²) in [4.78, 5) is 16.2. The van der Waals surface area contributed by atoms with Crippen molar-refractivity contribution in [1.82, 2.24) is 9.55 Å². The summed E-state index contributed by atoms with van der Waals surface area (Å²) in [7, 11) is 0.154. The highest BCUT2D eigenvalue weighted by molar-refractivity contribution is 7.84. The lowest BCUT2D eigenvalue weighted by atomic mass is 10.2. The molecule has 2 aromatic rings. The number of hydrogen-bond acceptors (Lipinski definition) is 3. The van der Waals surface area contributed by atoms with Gasteiger partial charge in [0, 0.05) is 18.3 Å². The molecule has 17 heavy (non-hydrogen) atoms. The highest BCUT2D eigenvalue weighted by Gasteiger charge is 2.13. The Morgan fingerprint density at radius 3 is 2.59 bits per heavy atom. The second kappa shape index (κ2) is 4.40. The molecule has 2 rings (SSSR count). The van der Waals surface area contributed by atoms with Gasteiger partial charge in [-0.15, -0.1) is 0 Å². The summed E-state index contributed by atoms with van der Waals surface area (Å²) in [6.07, 6.45) is 1.46. The molecular weight excluding hydrogens is 283 g/mol. The molecule has 0 amide bonds. The van der Waals surface area contributed by atoms with E-state index >= 15 is 0 Å². The Labute approximate surface area is 110 Å². The minimum absolute atomic E-state index is 0.187. The molecule has 0 unspecified atom stereocenters. The van der Waals surface area contributed by atoms with Gasteiger partial charge in [0.25, 0.3) is 5.56 Å². The number of aromatic nitrogens is 2. The van der Waals surface area contributed by atoms with Crippen molar-refractivity contribution in [3.05, 3.63) is 32.5 Å². The topological polar surface area (TPSA) is 52.0 Å². The van der Waals surface area contributed by atoms with Gasteiger partial charge in [0.15, 0.2) is 0 Å². The minimum atomic E-state index is -1.36. The molecule has 1 atom stereocenters. The fraction of sp³-hybridized carbons (Fsp3) is 0.200. The monoisotopic (exact) mass is 290 g/mol. The zero-order valence-electron chi connectivity index (χ0n) is 9.03. The summed E-state index contributed by atoms with van der Waals surface area (Å²) in [5, 5.41) is 1.15. The zero-order valence-corrected chi connectivity index (χ0v) is 11.4. The Hall–Kier alpha value is -0.910. The van der Waals surface area contributed by atoms with Gasteiger partial charge in [0.1, 0.15) is 0 Å². The number of nitrogens with zero attached hydrogens (tertiary/aromatic N) is 2. The van der Waals surface area contributed by atoms with Gasteiger partial charge in [-0.25, -0.2) is 4.98 Å². The average molecular weight is 291 g/mol. The van der Waals surface area contributed by atoms with E-state index in [1.54, 1.807) is 0 Å². The van der Waals surface area contributed by atoms with Crippen LogP contribution < -0.4 is 5.56 Å². The first-order valence-electron chi connectivity index (χ1n) is 4.61. The molecule has 0 bridgehead atoms. The van der Waals surface area contributed by atoms with Crippen LogP contribution in [0.3, 0.4) is 0 Å². The van der Waals surface area contributed by atoms with E-state index in [1.165, 1.54) is 30.0 Å². The molecule has 0 N–H and O–H groups in total. The van der Waals surface area contributed by atoms with Gasteiger partial charge in [-0.05, 0) is 12.1 Å². The normalized spacial score (nSPS) is 12.9. The first-order valence-corrected chi connectivity index (χ1v) is 6.92. The van der Waals surface area contributed by atoms with Crippen LogP contribution in [0.2, 0.25) is 10.0 Å². The summed E-state index contributed by atoms with van der Waals surface area (Å²) in [6, 6.07) is 3.00. The molecular formula is C10H8Cl2N2O2S. The zero-order chi connectivity index (χ0) is 12.7. The SMILES string of the molecule is Cn1c([S@](C)=O)nc2c(Cl)cc(Cl)cc2c1=O. The quantitative estimate of drug-likeness (QED) is 0.755. The van der Waals surface area contributed by atoms with Gasteiger partial charge < -0.3 is 0 Å². The lowest BCUT2D eigenvalue weighted by molar-refractivity contribution is 0.656. The molecule has 0 saturated carbocycles. The van der Waals surface area contributed by atoms with E-state index in [0.717, 1.165) is 0 Å².